The molecule has 46 heavy (non-hydrogen) atoms. The molecule has 2 unspecified atom stereocenters. The number of ether oxygens (including phenoxy) is 1. The van der Waals surface area contributed by atoms with Crippen molar-refractivity contribution in [1.29, 1.82) is 0 Å². The lowest BCUT2D eigenvalue weighted by Gasteiger charge is -2.36. The monoisotopic (exact) mass is 622 g/mol. The highest BCUT2D eigenvalue weighted by atomic mass is 16.5. The number of fused-ring (bicyclic) bond motifs is 3. The average molecular weight is 623 g/mol. The number of aliphatic hydroxyl groups is 1. The normalized spacial score (nSPS) is 19.9. The Bertz CT molecular complexity index is 1640. The first-order valence-electron chi connectivity index (χ1n) is 16.5. The zero-order valence-electron chi connectivity index (χ0n) is 26.4. The largest absolute Gasteiger partial charge is 0.486 e. The van der Waals surface area contributed by atoms with Crippen LogP contribution in [0.1, 0.15) is 77.9 Å². The number of carbonyl (C=O) groups is 1. The highest BCUT2D eigenvalue weighted by molar-refractivity contribution is 5.97. The number of β-amino-alcohol motifs (C(OH)–C–C–N with tert-alkyl or cyclic N) is 1. The molecule has 2 N–H and O–H groups in total. The molecular weight excluding hydrogens is 580 g/mol. The minimum absolute atomic E-state index is 0.0262. The van der Waals surface area contributed by atoms with Gasteiger partial charge in [0.1, 0.15) is 24.0 Å². The topological polar surface area (TPSA) is 117 Å². The van der Waals surface area contributed by atoms with Gasteiger partial charge in [-0.3, -0.25) is 14.7 Å². The molecule has 10 heteroatoms. The summed E-state index contributed by atoms with van der Waals surface area (Å²) in [6.45, 7) is 4.39. The number of ketones is 1. The van der Waals surface area contributed by atoms with Gasteiger partial charge >= 0.3 is 0 Å². The van der Waals surface area contributed by atoms with E-state index in [0.29, 0.717) is 43.0 Å². The predicted octanol–water partition coefficient (Wildman–Crippen LogP) is 6.00. The van der Waals surface area contributed by atoms with Crippen LogP contribution in [-0.2, 0) is 19.6 Å². The number of oxazole rings is 1. The van der Waals surface area contributed by atoms with Crippen molar-refractivity contribution in [2.24, 2.45) is 0 Å². The van der Waals surface area contributed by atoms with E-state index in [1.165, 1.54) is 49.6 Å². The molecule has 2 saturated heterocycles. The second-order valence-corrected chi connectivity index (χ2v) is 12.9. The van der Waals surface area contributed by atoms with Gasteiger partial charge in [0.2, 0.25) is 0 Å². The number of aromatic nitrogens is 3. The summed E-state index contributed by atoms with van der Waals surface area (Å²) in [6.07, 6.45) is 11.9. The molecule has 3 aliphatic rings. The molecule has 7 rings (SSSR count). The lowest BCUT2D eigenvalue weighted by atomic mass is 9.98. The Morgan fingerprint density at radius 1 is 1.13 bits per heavy atom. The number of hydrogen-bond donors (Lipinski definition) is 2. The lowest BCUT2D eigenvalue weighted by Crippen LogP contribution is -2.40. The van der Waals surface area contributed by atoms with E-state index in [9.17, 15) is 9.90 Å². The van der Waals surface area contributed by atoms with Crippen molar-refractivity contribution in [2.75, 3.05) is 23.3 Å². The van der Waals surface area contributed by atoms with Crippen molar-refractivity contribution >= 4 is 23.1 Å². The van der Waals surface area contributed by atoms with Crippen LogP contribution in [0.2, 0.25) is 0 Å². The van der Waals surface area contributed by atoms with Gasteiger partial charge in [0.05, 0.1) is 23.7 Å². The van der Waals surface area contributed by atoms with Gasteiger partial charge in [0.15, 0.2) is 17.9 Å². The van der Waals surface area contributed by atoms with Gasteiger partial charge in [-0.15, -0.1) is 0 Å². The molecule has 2 bridgehead atoms. The van der Waals surface area contributed by atoms with E-state index < -0.39 is 6.10 Å². The maximum Gasteiger partial charge on any atom is 0.181 e. The number of aliphatic hydroxyl groups excluding tert-OH is 1. The minimum Gasteiger partial charge on any atom is -0.486 e. The maximum atomic E-state index is 13.6. The molecule has 3 aliphatic heterocycles. The van der Waals surface area contributed by atoms with Crippen LogP contribution >= 0.6 is 0 Å². The van der Waals surface area contributed by atoms with Gasteiger partial charge in [0.25, 0.3) is 0 Å². The molecule has 0 amide bonds. The Kier molecular flexibility index (Phi) is 8.98. The summed E-state index contributed by atoms with van der Waals surface area (Å²) in [7, 11) is 0. The van der Waals surface area contributed by atoms with Crippen LogP contribution in [0.25, 0.3) is 0 Å². The van der Waals surface area contributed by atoms with Gasteiger partial charge in [0, 0.05) is 49.9 Å². The van der Waals surface area contributed by atoms with Gasteiger partial charge in [-0.25, -0.2) is 9.97 Å². The molecule has 0 radical (unpaired) electrons. The van der Waals surface area contributed by atoms with Crippen LogP contribution < -0.4 is 15.0 Å². The molecule has 3 atom stereocenters. The first kappa shape index (κ1) is 30.4. The van der Waals surface area contributed by atoms with Crippen LogP contribution in [0.5, 0.6) is 5.75 Å². The van der Waals surface area contributed by atoms with Crippen LogP contribution in [0.4, 0.5) is 17.3 Å². The number of Topliss-reactive ketones (excluding diaryl/α,β-unsaturated/α-hetero) is 1. The number of pyridine rings is 2. The quantitative estimate of drug-likeness (QED) is 0.182. The SMILES string of the molecule is Cc1ncoc1COc1ccc2c(c1)CCN(C[C@@H](O)CCC(=O)c1cc(Nc3cccnc3)nc(N3C4CCCC3CC4)c1)C2. The molecule has 240 valence electrons. The molecule has 0 saturated carbocycles. The Balaban J connectivity index is 0.963. The summed E-state index contributed by atoms with van der Waals surface area (Å²) >= 11 is 0. The number of nitrogens with zero attached hydrogens (tertiary/aromatic N) is 5. The standard InChI is InChI=1S/C36H42N6O4/c1-24-34(46-23-38-24)22-45-32-11-7-26-20-41(15-13-25(26)16-32)21-31(43)10-12-33(44)27-17-35(39-28-4-3-14-37-19-28)40-36(18-27)42-29-5-2-6-30(42)9-8-29/h3-4,7,11,14,16-19,23,29-31,43H,2,5-6,8-10,12-13,15,20-22H2,1H3,(H,39,40)/t29?,30?,31-/m0/s1. The van der Waals surface area contributed by atoms with E-state index in [1.54, 1.807) is 12.4 Å². The van der Waals surface area contributed by atoms with Crippen LogP contribution in [0, 0.1) is 6.92 Å². The number of nitrogens with one attached hydrogen (secondary N) is 1. The molecule has 1 aromatic carbocycles. The van der Waals surface area contributed by atoms with E-state index in [1.807, 2.05) is 37.3 Å². The van der Waals surface area contributed by atoms with E-state index in [2.05, 4.69) is 37.2 Å². The molecule has 6 heterocycles. The molecule has 3 aromatic heterocycles. The number of carbonyl (C=O) groups excluding carboxylic acids is 1. The summed E-state index contributed by atoms with van der Waals surface area (Å²) in [5, 5.41) is 14.3. The fraction of sp³-hybridized carbons (Fsp3) is 0.444. The average Bonchev–Trinajstić information content (AvgIpc) is 3.60. The van der Waals surface area contributed by atoms with E-state index >= 15 is 0 Å². The van der Waals surface area contributed by atoms with Gasteiger partial charge in [-0.05, 0) is 99.4 Å². The van der Waals surface area contributed by atoms with Crippen molar-refractivity contribution in [3.63, 3.8) is 0 Å². The van der Waals surface area contributed by atoms with E-state index in [0.717, 1.165) is 48.2 Å². The molecule has 0 spiro atoms. The number of rotatable bonds is 12. The zero-order valence-corrected chi connectivity index (χ0v) is 26.4. The second kappa shape index (κ2) is 13.6. The number of hydrogen-bond acceptors (Lipinski definition) is 10. The van der Waals surface area contributed by atoms with E-state index in [-0.39, 0.29) is 12.2 Å². The summed E-state index contributed by atoms with van der Waals surface area (Å²) in [5.41, 5.74) is 4.81. The van der Waals surface area contributed by atoms with E-state index in [4.69, 9.17) is 14.1 Å². The Morgan fingerprint density at radius 2 is 2.00 bits per heavy atom. The minimum atomic E-state index is -0.592. The number of benzene rings is 1. The molecule has 0 aliphatic carbocycles. The van der Waals surface area contributed by atoms with Gasteiger partial charge in [-0.2, -0.15) is 0 Å². The fourth-order valence-corrected chi connectivity index (χ4v) is 7.23. The third-order valence-corrected chi connectivity index (χ3v) is 9.68. The third-order valence-electron chi connectivity index (χ3n) is 9.68. The van der Waals surface area contributed by atoms with Crippen molar-refractivity contribution in [3.05, 3.63) is 89.4 Å². The second-order valence-electron chi connectivity index (χ2n) is 12.9. The predicted molar refractivity (Wildman–Crippen MR) is 175 cm³/mol. The van der Waals surface area contributed by atoms with Crippen LogP contribution in [0.3, 0.4) is 0 Å². The Morgan fingerprint density at radius 3 is 2.78 bits per heavy atom. The molecular formula is C36H42N6O4. The number of aryl methyl sites for hydroxylation is 1. The number of anilines is 3. The molecule has 2 fully saturated rings. The third kappa shape index (κ3) is 6.93. The van der Waals surface area contributed by atoms with Crippen molar-refractivity contribution in [2.45, 2.75) is 89.6 Å². The van der Waals surface area contributed by atoms with Gasteiger partial charge < -0.3 is 24.5 Å². The summed E-state index contributed by atoms with van der Waals surface area (Å²) in [6, 6.07) is 14.8. The first-order chi connectivity index (χ1) is 22.5. The zero-order chi connectivity index (χ0) is 31.5. The Hall–Kier alpha value is -4.28. The fourth-order valence-electron chi connectivity index (χ4n) is 7.23. The highest BCUT2D eigenvalue weighted by Crippen LogP contribution is 2.39. The summed E-state index contributed by atoms with van der Waals surface area (Å²) < 4.78 is 11.3. The highest BCUT2D eigenvalue weighted by Gasteiger charge is 2.37. The maximum absolute atomic E-state index is 13.6. The van der Waals surface area contributed by atoms with Crippen molar-refractivity contribution < 1.29 is 19.1 Å². The molecule has 4 aromatic rings. The molecule has 10 nitrogen and oxygen atoms in total. The van der Waals surface area contributed by atoms with Gasteiger partial charge in [-0.1, -0.05) is 6.07 Å². The van der Waals surface area contributed by atoms with Crippen molar-refractivity contribution in [3.8, 4) is 5.75 Å². The lowest BCUT2D eigenvalue weighted by molar-refractivity contribution is 0.0836. The van der Waals surface area contributed by atoms with Crippen LogP contribution in [-0.4, -0.2) is 62.0 Å². The summed E-state index contributed by atoms with van der Waals surface area (Å²) in [4.78, 5) is 31.6. The smallest absolute Gasteiger partial charge is 0.181 e. The Labute approximate surface area is 269 Å². The van der Waals surface area contributed by atoms with Crippen LogP contribution in [0.15, 0.2) is 65.7 Å². The first-order valence-corrected chi connectivity index (χ1v) is 16.5. The number of piperidine rings is 1. The van der Waals surface area contributed by atoms with Crippen molar-refractivity contribution in [1.82, 2.24) is 19.9 Å². The summed E-state index contributed by atoms with van der Waals surface area (Å²) in [5.74, 6) is 3.09.